The van der Waals surface area contributed by atoms with Crippen molar-refractivity contribution >= 4 is 0 Å². The third kappa shape index (κ3) is 2.38. The molecule has 0 aromatic heterocycles. The highest BCUT2D eigenvalue weighted by Gasteiger charge is 2.36. The fraction of sp³-hybridized carbons (Fsp3) is 0.600. The monoisotopic (exact) mass is 232 g/mol. The second-order valence-electron chi connectivity index (χ2n) is 5.58. The number of rotatable bonds is 2. The third-order valence-corrected chi connectivity index (χ3v) is 3.98. The van der Waals surface area contributed by atoms with Gasteiger partial charge in [0.15, 0.2) is 0 Å². The van der Waals surface area contributed by atoms with Gasteiger partial charge >= 0.3 is 0 Å². The van der Waals surface area contributed by atoms with Crippen molar-refractivity contribution in [2.75, 3.05) is 27.2 Å². The van der Waals surface area contributed by atoms with Crippen molar-refractivity contribution in [2.45, 2.75) is 32.2 Å². The maximum Gasteiger partial charge on any atom is 0.0581 e. The molecule has 1 saturated heterocycles. The van der Waals surface area contributed by atoms with E-state index in [2.05, 4.69) is 56.4 Å². The summed E-state index contributed by atoms with van der Waals surface area (Å²) in [5, 5.41) is 3.55. The van der Waals surface area contributed by atoms with Crippen LogP contribution in [-0.4, -0.2) is 32.1 Å². The minimum absolute atomic E-state index is 0.176. The van der Waals surface area contributed by atoms with Crippen LogP contribution in [0.3, 0.4) is 0 Å². The van der Waals surface area contributed by atoms with Gasteiger partial charge in [-0.05, 0) is 52.9 Å². The molecule has 2 heteroatoms. The van der Waals surface area contributed by atoms with E-state index in [4.69, 9.17) is 0 Å². The number of likely N-dealkylation sites (N-methyl/N-ethyl adjacent to an activating group) is 1. The molecule has 0 aliphatic carbocycles. The van der Waals surface area contributed by atoms with E-state index >= 15 is 0 Å². The predicted octanol–water partition coefficient (Wildman–Crippen LogP) is 2.44. The summed E-state index contributed by atoms with van der Waals surface area (Å²) in [6.07, 6.45) is 2.50. The zero-order valence-electron chi connectivity index (χ0n) is 11.5. The van der Waals surface area contributed by atoms with Gasteiger partial charge in [0.2, 0.25) is 0 Å². The first-order valence-electron chi connectivity index (χ1n) is 6.51. The molecule has 1 aromatic rings. The fourth-order valence-electron chi connectivity index (χ4n) is 3.02. The lowest BCUT2D eigenvalue weighted by Gasteiger charge is -2.44. The highest BCUT2D eigenvalue weighted by atomic mass is 15.2. The molecule has 0 spiro atoms. The van der Waals surface area contributed by atoms with Crippen LogP contribution in [-0.2, 0) is 5.54 Å². The summed E-state index contributed by atoms with van der Waals surface area (Å²) < 4.78 is 0. The molecule has 1 atom stereocenters. The van der Waals surface area contributed by atoms with Crippen LogP contribution in [0, 0.1) is 13.8 Å². The van der Waals surface area contributed by atoms with Crippen LogP contribution in [0.15, 0.2) is 18.2 Å². The van der Waals surface area contributed by atoms with Crippen LogP contribution in [0.1, 0.15) is 29.5 Å². The number of nitrogens with one attached hydrogen (secondary N) is 1. The Hall–Kier alpha value is -0.860. The van der Waals surface area contributed by atoms with E-state index in [0.717, 1.165) is 13.1 Å². The number of hydrogen-bond donors (Lipinski definition) is 1. The lowest BCUT2D eigenvalue weighted by molar-refractivity contribution is 0.113. The van der Waals surface area contributed by atoms with Gasteiger partial charge in [0.25, 0.3) is 0 Å². The summed E-state index contributed by atoms with van der Waals surface area (Å²) in [5.74, 6) is 0. The highest BCUT2D eigenvalue weighted by molar-refractivity contribution is 5.34. The second kappa shape index (κ2) is 4.79. The van der Waals surface area contributed by atoms with Crippen molar-refractivity contribution in [1.29, 1.82) is 0 Å². The number of aryl methyl sites for hydroxylation is 2. The first-order chi connectivity index (χ1) is 8.04. The third-order valence-electron chi connectivity index (χ3n) is 3.98. The Bertz CT molecular complexity index is 370. The Morgan fingerprint density at radius 3 is 2.24 bits per heavy atom. The maximum atomic E-state index is 3.55. The Labute approximate surface area is 105 Å². The Morgan fingerprint density at radius 2 is 1.76 bits per heavy atom. The summed E-state index contributed by atoms with van der Waals surface area (Å²) in [7, 11) is 4.40. The topological polar surface area (TPSA) is 15.3 Å². The molecule has 1 aliphatic rings. The molecule has 94 valence electrons. The molecule has 0 radical (unpaired) electrons. The molecular formula is C15H24N2. The van der Waals surface area contributed by atoms with Crippen LogP contribution < -0.4 is 5.32 Å². The predicted molar refractivity (Wildman–Crippen MR) is 73.4 cm³/mol. The molecule has 1 N–H and O–H groups in total. The first kappa shape index (κ1) is 12.6. The quantitative estimate of drug-likeness (QED) is 0.842. The Kier molecular flexibility index (Phi) is 3.55. The van der Waals surface area contributed by atoms with Gasteiger partial charge in [-0.2, -0.15) is 0 Å². The molecule has 2 rings (SSSR count). The minimum atomic E-state index is 0.176. The van der Waals surface area contributed by atoms with Crippen molar-refractivity contribution < 1.29 is 0 Å². The second-order valence-corrected chi connectivity index (χ2v) is 5.58. The van der Waals surface area contributed by atoms with Gasteiger partial charge in [-0.3, -0.25) is 4.90 Å². The number of hydrogen-bond acceptors (Lipinski definition) is 2. The fourth-order valence-corrected chi connectivity index (χ4v) is 3.02. The summed E-state index contributed by atoms with van der Waals surface area (Å²) in [5.41, 5.74) is 4.38. The van der Waals surface area contributed by atoms with E-state index in [1.165, 1.54) is 29.5 Å². The van der Waals surface area contributed by atoms with Crippen molar-refractivity contribution in [3.63, 3.8) is 0 Å². The van der Waals surface area contributed by atoms with Crippen LogP contribution >= 0.6 is 0 Å². The van der Waals surface area contributed by atoms with E-state index in [9.17, 15) is 0 Å². The smallest absolute Gasteiger partial charge is 0.0581 e. The van der Waals surface area contributed by atoms with E-state index in [1.807, 2.05) is 0 Å². The minimum Gasteiger partial charge on any atom is -0.315 e. The van der Waals surface area contributed by atoms with Crippen molar-refractivity contribution in [3.8, 4) is 0 Å². The Morgan fingerprint density at radius 1 is 1.12 bits per heavy atom. The van der Waals surface area contributed by atoms with Crippen LogP contribution in [0.4, 0.5) is 0 Å². The van der Waals surface area contributed by atoms with Crippen molar-refractivity contribution in [3.05, 3.63) is 34.9 Å². The molecule has 2 nitrogen and oxygen atoms in total. The van der Waals surface area contributed by atoms with E-state index < -0.39 is 0 Å². The van der Waals surface area contributed by atoms with Gasteiger partial charge in [0.1, 0.15) is 0 Å². The van der Waals surface area contributed by atoms with Gasteiger partial charge in [0, 0.05) is 6.54 Å². The maximum absolute atomic E-state index is 3.55. The molecule has 1 aliphatic heterocycles. The Balaban J connectivity index is 2.44. The van der Waals surface area contributed by atoms with Gasteiger partial charge in [-0.1, -0.05) is 29.3 Å². The van der Waals surface area contributed by atoms with Gasteiger partial charge in [-0.25, -0.2) is 0 Å². The average Bonchev–Trinajstić information content (AvgIpc) is 2.28. The van der Waals surface area contributed by atoms with Crippen LogP contribution in [0.5, 0.6) is 0 Å². The van der Waals surface area contributed by atoms with Gasteiger partial charge < -0.3 is 5.32 Å². The van der Waals surface area contributed by atoms with Gasteiger partial charge in [0.05, 0.1) is 5.54 Å². The summed E-state index contributed by atoms with van der Waals surface area (Å²) >= 11 is 0. The number of nitrogens with zero attached hydrogens (tertiary/aromatic N) is 1. The van der Waals surface area contributed by atoms with Crippen molar-refractivity contribution in [2.24, 2.45) is 0 Å². The molecule has 1 unspecified atom stereocenters. The number of piperidine rings is 1. The molecule has 0 saturated carbocycles. The molecule has 17 heavy (non-hydrogen) atoms. The standard InChI is InChI=1S/C15H24N2/c1-12-8-13(2)10-14(9-12)15(17(3)4)6-5-7-16-11-15/h8-10,16H,5-7,11H2,1-4H3. The van der Waals surface area contributed by atoms with Gasteiger partial charge in [-0.15, -0.1) is 0 Å². The summed E-state index contributed by atoms with van der Waals surface area (Å²) in [6, 6.07) is 6.95. The van der Waals surface area contributed by atoms with E-state index in [1.54, 1.807) is 0 Å². The lowest BCUT2D eigenvalue weighted by Crippen LogP contribution is -2.52. The molecule has 1 heterocycles. The zero-order chi connectivity index (χ0) is 12.5. The number of benzene rings is 1. The normalized spacial score (nSPS) is 25.2. The SMILES string of the molecule is Cc1cc(C)cc(C2(N(C)C)CCCNC2)c1. The average molecular weight is 232 g/mol. The molecule has 1 aromatic carbocycles. The van der Waals surface area contributed by atoms with E-state index in [0.29, 0.717) is 0 Å². The summed E-state index contributed by atoms with van der Waals surface area (Å²) in [6.45, 7) is 6.59. The largest absolute Gasteiger partial charge is 0.315 e. The summed E-state index contributed by atoms with van der Waals surface area (Å²) in [4.78, 5) is 2.38. The van der Waals surface area contributed by atoms with E-state index in [-0.39, 0.29) is 5.54 Å². The first-order valence-corrected chi connectivity index (χ1v) is 6.51. The zero-order valence-corrected chi connectivity index (χ0v) is 11.5. The highest BCUT2D eigenvalue weighted by Crippen LogP contribution is 2.34. The van der Waals surface area contributed by atoms with Crippen LogP contribution in [0.2, 0.25) is 0 Å². The molecular weight excluding hydrogens is 208 g/mol. The lowest BCUT2D eigenvalue weighted by atomic mass is 9.81. The molecule has 1 fully saturated rings. The molecule has 0 bridgehead atoms. The van der Waals surface area contributed by atoms with Crippen molar-refractivity contribution in [1.82, 2.24) is 10.2 Å². The van der Waals surface area contributed by atoms with Crippen LogP contribution in [0.25, 0.3) is 0 Å². The molecule has 0 amide bonds.